The molecule has 0 aromatic heterocycles. The Morgan fingerprint density at radius 1 is 1.27 bits per heavy atom. The molecular weight excluding hydrogens is 395 g/mol. The average Bonchev–Trinajstić information content (AvgIpc) is 2.52. The van der Waals surface area contributed by atoms with Crippen LogP contribution in [0.2, 0.25) is 5.02 Å². The van der Waals surface area contributed by atoms with E-state index in [2.05, 4.69) is 5.32 Å². The molecule has 146 valence electrons. The predicted molar refractivity (Wildman–Crippen MR) is 90.5 cm³/mol. The summed E-state index contributed by atoms with van der Waals surface area (Å²) in [5.41, 5.74) is -1.65. The molecule has 1 fully saturated rings. The molecule has 0 bridgehead atoms. The van der Waals surface area contributed by atoms with Gasteiger partial charge in [0.05, 0.1) is 29.0 Å². The molecule has 0 heterocycles. The lowest BCUT2D eigenvalue weighted by atomic mass is 9.86. The molecule has 1 N–H and O–H groups in total. The number of benzene rings is 1. The highest BCUT2D eigenvalue weighted by atomic mass is 35.5. The van der Waals surface area contributed by atoms with Gasteiger partial charge in [-0.2, -0.15) is 21.6 Å². The summed E-state index contributed by atoms with van der Waals surface area (Å²) in [5, 5.41) is 2.34. The van der Waals surface area contributed by atoms with Crippen LogP contribution in [0.1, 0.15) is 41.6 Å². The zero-order valence-electron chi connectivity index (χ0n) is 14.0. The van der Waals surface area contributed by atoms with Crippen LogP contribution in [0.25, 0.3) is 0 Å². The highest BCUT2D eigenvalue weighted by Crippen LogP contribution is 2.35. The Balaban J connectivity index is 1.98. The number of amides is 1. The number of hydrogen-bond donors (Lipinski definition) is 1. The minimum Gasteiger partial charge on any atom is -0.349 e. The molecule has 1 aromatic rings. The highest BCUT2D eigenvalue weighted by molar-refractivity contribution is 7.85. The van der Waals surface area contributed by atoms with Gasteiger partial charge in [0, 0.05) is 6.04 Å². The number of halogens is 4. The topological polar surface area (TPSA) is 72.5 Å². The van der Waals surface area contributed by atoms with E-state index in [1.807, 2.05) is 0 Å². The summed E-state index contributed by atoms with van der Waals surface area (Å²) >= 11 is 5.82. The number of nitrogens with one attached hydrogen (secondary N) is 1. The van der Waals surface area contributed by atoms with Crippen molar-refractivity contribution >= 4 is 27.6 Å². The van der Waals surface area contributed by atoms with Gasteiger partial charge in [-0.05, 0) is 43.7 Å². The Kier molecular flexibility index (Phi) is 6.57. The van der Waals surface area contributed by atoms with Crippen molar-refractivity contribution in [3.63, 3.8) is 0 Å². The fourth-order valence-corrected chi connectivity index (χ4v) is 3.64. The van der Waals surface area contributed by atoms with Gasteiger partial charge in [0.15, 0.2) is 0 Å². The monoisotopic (exact) mass is 413 g/mol. The van der Waals surface area contributed by atoms with E-state index >= 15 is 0 Å². The Morgan fingerprint density at radius 2 is 1.88 bits per heavy atom. The minimum atomic E-state index is -4.68. The van der Waals surface area contributed by atoms with Gasteiger partial charge in [0.2, 0.25) is 0 Å². The first-order valence-corrected chi connectivity index (χ1v) is 10.2. The van der Waals surface area contributed by atoms with Gasteiger partial charge in [-0.15, -0.1) is 0 Å². The first-order valence-electron chi connectivity index (χ1n) is 7.98. The molecule has 2 rings (SSSR count). The number of alkyl halides is 3. The summed E-state index contributed by atoms with van der Waals surface area (Å²) < 4.78 is 66.1. The molecule has 1 aliphatic rings. The summed E-state index contributed by atoms with van der Waals surface area (Å²) in [7, 11) is -3.51. The molecule has 1 aromatic carbocycles. The van der Waals surface area contributed by atoms with Crippen LogP contribution in [0.15, 0.2) is 18.2 Å². The average molecular weight is 414 g/mol. The molecule has 0 saturated heterocycles. The van der Waals surface area contributed by atoms with E-state index in [1.54, 1.807) is 0 Å². The van der Waals surface area contributed by atoms with Crippen molar-refractivity contribution in [2.24, 2.45) is 5.92 Å². The number of rotatable bonds is 5. The molecule has 26 heavy (non-hydrogen) atoms. The number of carbonyl (C=O) groups is 1. The van der Waals surface area contributed by atoms with Crippen LogP contribution >= 0.6 is 11.6 Å². The fraction of sp³-hybridized carbons (Fsp3) is 0.562. The van der Waals surface area contributed by atoms with Gasteiger partial charge in [0.1, 0.15) is 0 Å². The zero-order chi connectivity index (χ0) is 19.5. The Morgan fingerprint density at radius 3 is 2.42 bits per heavy atom. The smallest absolute Gasteiger partial charge is 0.349 e. The third-order valence-electron chi connectivity index (χ3n) is 4.25. The maximum atomic E-state index is 13.1. The maximum Gasteiger partial charge on any atom is 0.417 e. The molecule has 1 aliphatic carbocycles. The zero-order valence-corrected chi connectivity index (χ0v) is 15.5. The minimum absolute atomic E-state index is 0.0314. The van der Waals surface area contributed by atoms with Crippen molar-refractivity contribution < 1.29 is 30.6 Å². The molecule has 0 spiro atoms. The van der Waals surface area contributed by atoms with Crippen molar-refractivity contribution in [3.05, 3.63) is 34.3 Å². The number of carbonyl (C=O) groups excluding carboxylic acids is 1. The number of hydrogen-bond acceptors (Lipinski definition) is 4. The standard InChI is InChI=1S/C16H19ClF3NO4S/c1-26(23,24)25-9-10-5-7-11(8-6-10)21-15(22)14-12(16(18,19)20)3-2-4-13(14)17/h2-4,10-11H,5-9H2,1H3,(H,21,22)/t10-,11-. The van der Waals surface area contributed by atoms with Crippen LogP contribution < -0.4 is 5.32 Å². The van der Waals surface area contributed by atoms with Crippen LogP contribution in [0, 0.1) is 5.92 Å². The summed E-state index contributed by atoms with van der Waals surface area (Å²) in [6.07, 6.45) is -1.45. The van der Waals surface area contributed by atoms with Gasteiger partial charge in [0.25, 0.3) is 16.0 Å². The highest BCUT2D eigenvalue weighted by Gasteiger charge is 2.37. The molecule has 0 radical (unpaired) electrons. The Labute approximate surface area is 155 Å². The first kappa shape index (κ1) is 21.0. The van der Waals surface area contributed by atoms with Crippen molar-refractivity contribution in [2.75, 3.05) is 12.9 Å². The van der Waals surface area contributed by atoms with E-state index < -0.39 is 33.3 Å². The maximum absolute atomic E-state index is 13.1. The predicted octanol–water partition coefficient (Wildman–Crippen LogP) is 3.62. The van der Waals surface area contributed by atoms with Crippen molar-refractivity contribution in [1.29, 1.82) is 0 Å². The van der Waals surface area contributed by atoms with Crippen molar-refractivity contribution in [1.82, 2.24) is 5.32 Å². The second-order valence-corrected chi connectivity index (χ2v) is 8.39. The second kappa shape index (κ2) is 8.14. The van der Waals surface area contributed by atoms with E-state index in [-0.39, 0.29) is 23.6 Å². The Bertz CT molecular complexity index is 759. The van der Waals surface area contributed by atoms with Gasteiger partial charge < -0.3 is 5.32 Å². The van der Waals surface area contributed by atoms with Gasteiger partial charge in [-0.1, -0.05) is 17.7 Å². The molecule has 0 aliphatic heterocycles. The molecule has 10 heteroatoms. The van der Waals surface area contributed by atoms with Crippen LogP contribution in [0.4, 0.5) is 13.2 Å². The van der Waals surface area contributed by atoms with E-state index in [0.717, 1.165) is 18.4 Å². The molecule has 5 nitrogen and oxygen atoms in total. The van der Waals surface area contributed by atoms with E-state index in [0.29, 0.717) is 25.7 Å². The summed E-state index contributed by atoms with van der Waals surface area (Å²) in [5.74, 6) is -0.831. The molecule has 1 amide bonds. The normalized spacial score (nSPS) is 21.4. The van der Waals surface area contributed by atoms with Crippen molar-refractivity contribution in [2.45, 2.75) is 37.9 Å². The SMILES string of the molecule is CS(=O)(=O)OC[C@H]1CC[C@H](NC(=O)c2c(Cl)cccc2C(F)(F)F)CC1. The van der Waals surface area contributed by atoms with E-state index in [9.17, 15) is 26.4 Å². The quantitative estimate of drug-likeness (QED) is 0.748. The first-order chi connectivity index (χ1) is 12.0. The summed E-state index contributed by atoms with van der Waals surface area (Å²) in [6, 6.07) is 2.91. The van der Waals surface area contributed by atoms with Gasteiger partial charge in [-0.3, -0.25) is 8.98 Å². The third-order valence-corrected chi connectivity index (χ3v) is 5.13. The van der Waals surface area contributed by atoms with E-state index in [4.69, 9.17) is 15.8 Å². The van der Waals surface area contributed by atoms with E-state index in [1.165, 1.54) is 6.07 Å². The molecule has 0 atom stereocenters. The Hall–Kier alpha value is -1.32. The molecule has 1 saturated carbocycles. The lowest BCUT2D eigenvalue weighted by Crippen LogP contribution is -2.39. The van der Waals surface area contributed by atoms with Crippen LogP contribution in [0.3, 0.4) is 0 Å². The van der Waals surface area contributed by atoms with Crippen molar-refractivity contribution in [3.8, 4) is 0 Å². The van der Waals surface area contributed by atoms with Crippen LogP contribution in [0.5, 0.6) is 0 Å². The fourth-order valence-electron chi connectivity index (χ4n) is 2.94. The van der Waals surface area contributed by atoms with Crippen LogP contribution in [-0.2, 0) is 20.5 Å². The van der Waals surface area contributed by atoms with Gasteiger partial charge >= 0.3 is 6.18 Å². The second-order valence-electron chi connectivity index (χ2n) is 6.34. The largest absolute Gasteiger partial charge is 0.417 e. The van der Waals surface area contributed by atoms with Crippen LogP contribution in [-0.4, -0.2) is 33.2 Å². The van der Waals surface area contributed by atoms with Gasteiger partial charge in [-0.25, -0.2) is 0 Å². The third kappa shape index (κ3) is 5.85. The molecular formula is C16H19ClF3NO4S. The molecule has 0 unspecified atom stereocenters. The lowest BCUT2D eigenvalue weighted by molar-refractivity contribution is -0.137. The summed E-state index contributed by atoms with van der Waals surface area (Å²) in [4.78, 5) is 12.3. The summed E-state index contributed by atoms with van der Waals surface area (Å²) in [6.45, 7) is 0.0717. The lowest BCUT2D eigenvalue weighted by Gasteiger charge is -2.29.